The van der Waals surface area contributed by atoms with Crippen LogP contribution in [0.15, 0.2) is 30.3 Å². The molecule has 1 aromatic carbocycles. The Balaban J connectivity index is 1.86. The minimum atomic E-state index is -1.60. The Morgan fingerprint density at radius 1 is 1.17 bits per heavy atom. The highest BCUT2D eigenvalue weighted by molar-refractivity contribution is 6.73. The van der Waals surface area contributed by atoms with Crippen LogP contribution in [0.5, 0.6) is 0 Å². The zero-order valence-electron chi connectivity index (χ0n) is 15.3. The second kappa shape index (κ2) is 9.23. The van der Waals surface area contributed by atoms with Crippen molar-refractivity contribution in [3.63, 3.8) is 0 Å². The van der Waals surface area contributed by atoms with Gasteiger partial charge in [-0.15, -0.1) is 0 Å². The van der Waals surface area contributed by atoms with Gasteiger partial charge in [0.15, 0.2) is 8.32 Å². The first-order valence-electron chi connectivity index (χ1n) is 9.25. The second-order valence-corrected chi connectivity index (χ2v) is 11.4. The molecule has 0 N–H and O–H groups in total. The molecule has 1 aromatic rings. The summed E-state index contributed by atoms with van der Waals surface area (Å²) in [6, 6.07) is 13.4. The van der Waals surface area contributed by atoms with Gasteiger partial charge in [0.05, 0.1) is 12.6 Å². The monoisotopic (exact) mass is 349 g/mol. The van der Waals surface area contributed by atoms with Crippen LogP contribution in [0.3, 0.4) is 0 Å². The third-order valence-corrected chi connectivity index (χ3v) is 9.98. The van der Waals surface area contributed by atoms with Gasteiger partial charge in [-0.2, -0.15) is 0 Å². The van der Waals surface area contributed by atoms with E-state index in [-0.39, 0.29) is 12.1 Å². The lowest BCUT2D eigenvalue weighted by Crippen LogP contribution is -2.43. The predicted molar refractivity (Wildman–Crippen MR) is 99.5 cm³/mol. The maximum atomic E-state index is 12.4. The first kappa shape index (κ1) is 19.0. The summed E-state index contributed by atoms with van der Waals surface area (Å²) < 4.78 is 11.9. The maximum absolute atomic E-state index is 12.4. The van der Waals surface area contributed by atoms with E-state index in [9.17, 15) is 4.79 Å². The minimum Gasteiger partial charge on any atom is -0.445 e. The van der Waals surface area contributed by atoms with E-state index in [1.165, 1.54) is 0 Å². The Morgan fingerprint density at radius 3 is 2.46 bits per heavy atom. The van der Waals surface area contributed by atoms with Gasteiger partial charge in [0.1, 0.15) is 6.61 Å². The number of hydrogen-bond donors (Lipinski definition) is 0. The third kappa shape index (κ3) is 4.83. The number of carbonyl (C=O) groups is 1. The summed E-state index contributed by atoms with van der Waals surface area (Å²) in [4.78, 5) is 14.3. The number of ether oxygens (including phenoxy) is 1. The molecule has 0 aromatic heterocycles. The van der Waals surface area contributed by atoms with Gasteiger partial charge in [0, 0.05) is 6.54 Å². The van der Waals surface area contributed by atoms with Crippen LogP contribution in [0.2, 0.25) is 18.1 Å². The molecular formula is C19H31NO3Si. The van der Waals surface area contributed by atoms with Crippen molar-refractivity contribution in [1.82, 2.24) is 4.90 Å². The van der Waals surface area contributed by atoms with Crippen LogP contribution in [0.4, 0.5) is 4.79 Å². The molecule has 1 aliphatic heterocycles. The van der Waals surface area contributed by atoms with Gasteiger partial charge in [-0.3, -0.25) is 0 Å². The number of rotatable bonds is 8. The highest BCUT2D eigenvalue weighted by Gasteiger charge is 2.34. The number of likely N-dealkylation sites (tertiary alicyclic amines) is 1. The van der Waals surface area contributed by atoms with Crippen LogP contribution in [-0.2, 0) is 15.8 Å². The summed E-state index contributed by atoms with van der Waals surface area (Å²) in [7, 11) is -1.60. The van der Waals surface area contributed by atoms with Gasteiger partial charge in [0.2, 0.25) is 0 Å². The molecule has 1 heterocycles. The lowest BCUT2D eigenvalue weighted by Gasteiger charge is -2.32. The summed E-state index contributed by atoms with van der Waals surface area (Å²) in [5, 5.41) is 0. The smallest absolute Gasteiger partial charge is 0.410 e. The number of nitrogens with zero attached hydrogens (tertiary/aromatic N) is 1. The molecule has 1 amide bonds. The van der Waals surface area contributed by atoms with Crippen molar-refractivity contribution in [3.05, 3.63) is 35.9 Å². The first-order valence-corrected chi connectivity index (χ1v) is 11.8. The van der Waals surface area contributed by atoms with E-state index in [0.717, 1.165) is 43.1 Å². The molecule has 0 bridgehead atoms. The Kier molecular flexibility index (Phi) is 7.31. The van der Waals surface area contributed by atoms with Crippen molar-refractivity contribution < 1.29 is 14.0 Å². The van der Waals surface area contributed by atoms with Gasteiger partial charge in [-0.25, -0.2) is 4.79 Å². The number of amides is 1. The predicted octanol–water partition coefficient (Wildman–Crippen LogP) is 4.81. The number of carbonyl (C=O) groups excluding carboxylic acids is 1. The van der Waals surface area contributed by atoms with E-state index in [2.05, 4.69) is 20.8 Å². The summed E-state index contributed by atoms with van der Waals surface area (Å²) in [5.41, 5.74) is 1.02. The van der Waals surface area contributed by atoms with Gasteiger partial charge >= 0.3 is 6.09 Å². The number of benzene rings is 1. The van der Waals surface area contributed by atoms with E-state index in [4.69, 9.17) is 9.16 Å². The molecule has 134 valence electrons. The lowest BCUT2D eigenvalue weighted by atomic mass is 10.2. The standard InChI is InChI=1S/C19H31NO3Si/c1-4-24(5-2,6-3)23-16-18-13-10-14-20(18)19(21)22-15-17-11-8-7-9-12-17/h7-9,11-12,18H,4-6,10,13-16H2,1-3H3. The fourth-order valence-electron chi connectivity index (χ4n) is 3.38. The van der Waals surface area contributed by atoms with Crippen LogP contribution in [0.1, 0.15) is 39.2 Å². The van der Waals surface area contributed by atoms with E-state index >= 15 is 0 Å². The van der Waals surface area contributed by atoms with E-state index in [1.54, 1.807) is 0 Å². The van der Waals surface area contributed by atoms with Crippen LogP contribution >= 0.6 is 0 Å². The highest BCUT2D eigenvalue weighted by Crippen LogP contribution is 2.25. The van der Waals surface area contributed by atoms with Crippen molar-refractivity contribution in [1.29, 1.82) is 0 Å². The molecule has 1 unspecified atom stereocenters. The molecule has 0 radical (unpaired) electrons. The molecule has 0 saturated carbocycles. The molecule has 4 nitrogen and oxygen atoms in total. The molecule has 1 fully saturated rings. The molecule has 0 spiro atoms. The molecule has 0 aliphatic carbocycles. The first-order chi connectivity index (χ1) is 11.6. The van der Waals surface area contributed by atoms with E-state index in [1.807, 2.05) is 35.2 Å². The lowest BCUT2D eigenvalue weighted by molar-refractivity contribution is 0.0811. The quantitative estimate of drug-likeness (QED) is 0.632. The van der Waals surface area contributed by atoms with E-state index in [0.29, 0.717) is 13.2 Å². The van der Waals surface area contributed by atoms with Crippen molar-refractivity contribution >= 4 is 14.4 Å². The second-order valence-electron chi connectivity index (χ2n) is 6.58. The zero-order chi connectivity index (χ0) is 17.4. The summed E-state index contributed by atoms with van der Waals surface area (Å²) in [6.07, 6.45) is 1.84. The molecule has 2 rings (SSSR count). The van der Waals surface area contributed by atoms with E-state index < -0.39 is 8.32 Å². The normalized spacial score (nSPS) is 18.0. The number of hydrogen-bond acceptors (Lipinski definition) is 3. The summed E-state index contributed by atoms with van der Waals surface area (Å²) in [6.45, 7) is 8.49. The summed E-state index contributed by atoms with van der Waals surface area (Å²) >= 11 is 0. The van der Waals surface area contributed by atoms with Crippen LogP contribution in [-0.4, -0.2) is 38.5 Å². The Morgan fingerprint density at radius 2 is 1.83 bits per heavy atom. The Bertz CT molecular complexity index is 496. The minimum absolute atomic E-state index is 0.171. The van der Waals surface area contributed by atoms with Gasteiger partial charge in [-0.1, -0.05) is 51.1 Å². The van der Waals surface area contributed by atoms with Crippen molar-refractivity contribution in [2.75, 3.05) is 13.2 Å². The Hall–Kier alpha value is -1.33. The topological polar surface area (TPSA) is 38.8 Å². The maximum Gasteiger partial charge on any atom is 0.410 e. The average molecular weight is 350 g/mol. The van der Waals surface area contributed by atoms with Gasteiger partial charge in [0.25, 0.3) is 0 Å². The molecular weight excluding hydrogens is 318 g/mol. The van der Waals surface area contributed by atoms with Crippen molar-refractivity contribution in [2.24, 2.45) is 0 Å². The summed E-state index contributed by atoms with van der Waals surface area (Å²) in [5.74, 6) is 0. The zero-order valence-corrected chi connectivity index (χ0v) is 16.3. The van der Waals surface area contributed by atoms with Crippen molar-refractivity contribution in [3.8, 4) is 0 Å². The fourth-order valence-corrected chi connectivity index (χ4v) is 6.04. The largest absolute Gasteiger partial charge is 0.445 e. The molecule has 1 saturated heterocycles. The van der Waals surface area contributed by atoms with Crippen LogP contribution < -0.4 is 0 Å². The van der Waals surface area contributed by atoms with Crippen molar-refractivity contribution in [2.45, 2.75) is 64.4 Å². The van der Waals surface area contributed by atoms with Gasteiger partial charge in [-0.05, 0) is 36.5 Å². The molecule has 24 heavy (non-hydrogen) atoms. The highest BCUT2D eigenvalue weighted by atomic mass is 28.4. The molecule has 1 atom stereocenters. The SMILES string of the molecule is CC[Si](CC)(CC)OCC1CCCN1C(=O)OCc1ccccc1. The fraction of sp³-hybridized carbons (Fsp3) is 0.632. The Labute approximate surface area is 147 Å². The average Bonchev–Trinajstić information content (AvgIpc) is 3.11. The van der Waals surface area contributed by atoms with Crippen LogP contribution in [0.25, 0.3) is 0 Å². The van der Waals surface area contributed by atoms with Crippen LogP contribution in [0, 0.1) is 0 Å². The third-order valence-electron chi connectivity index (χ3n) is 5.33. The molecule has 1 aliphatic rings. The molecule has 5 heteroatoms. The van der Waals surface area contributed by atoms with Gasteiger partial charge < -0.3 is 14.1 Å².